The Labute approximate surface area is 106 Å². The lowest BCUT2D eigenvalue weighted by Crippen LogP contribution is -2.32. The number of carboxylic acids is 1. The molecule has 0 aliphatic rings. The lowest BCUT2D eigenvalue weighted by atomic mass is 10.1. The standard InChI is InChI=1S/C10H10FN3O5/c1-4(9(12)15)13-7-2-5(10(16)17)8(14(18)19)3-6(7)11/h2-4,13H,1H3,(H2,12,15)(H,16,17). The van der Waals surface area contributed by atoms with E-state index in [0.29, 0.717) is 6.07 Å². The smallest absolute Gasteiger partial charge is 0.342 e. The Morgan fingerprint density at radius 2 is 2.11 bits per heavy atom. The second-order valence-electron chi connectivity index (χ2n) is 3.68. The molecule has 1 amide bonds. The first-order valence-corrected chi connectivity index (χ1v) is 5.01. The fourth-order valence-electron chi connectivity index (χ4n) is 1.30. The molecule has 0 aromatic heterocycles. The number of carboxylic acid groups (broad SMARTS) is 1. The van der Waals surface area contributed by atoms with Gasteiger partial charge >= 0.3 is 5.97 Å². The summed E-state index contributed by atoms with van der Waals surface area (Å²) in [7, 11) is 0. The summed E-state index contributed by atoms with van der Waals surface area (Å²) < 4.78 is 13.6. The molecule has 0 fully saturated rings. The number of carbonyl (C=O) groups is 2. The van der Waals surface area contributed by atoms with Crippen molar-refractivity contribution in [1.82, 2.24) is 0 Å². The van der Waals surface area contributed by atoms with Crippen LogP contribution in [0.4, 0.5) is 15.8 Å². The van der Waals surface area contributed by atoms with Crippen LogP contribution in [-0.4, -0.2) is 27.9 Å². The number of halogens is 1. The molecule has 1 atom stereocenters. The fourth-order valence-corrected chi connectivity index (χ4v) is 1.30. The van der Waals surface area contributed by atoms with E-state index in [2.05, 4.69) is 5.32 Å². The van der Waals surface area contributed by atoms with E-state index >= 15 is 0 Å². The quantitative estimate of drug-likeness (QED) is 0.533. The van der Waals surface area contributed by atoms with Gasteiger partial charge in [-0.1, -0.05) is 0 Å². The molecule has 1 rings (SSSR count). The predicted octanol–water partition coefficient (Wildman–Crippen LogP) is 0.718. The highest BCUT2D eigenvalue weighted by atomic mass is 19.1. The highest BCUT2D eigenvalue weighted by molar-refractivity contribution is 5.94. The van der Waals surface area contributed by atoms with Gasteiger partial charge in [-0.15, -0.1) is 0 Å². The van der Waals surface area contributed by atoms with Crippen molar-refractivity contribution in [3.8, 4) is 0 Å². The molecule has 9 heteroatoms. The number of amides is 1. The van der Waals surface area contributed by atoms with E-state index in [4.69, 9.17) is 10.8 Å². The van der Waals surface area contributed by atoms with Crippen LogP contribution in [0.5, 0.6) is 0 Å². The largest absolute Gasteiger partial charge is 0.477 e. The van der Waals surface area contributed by atoms with Gasteiger partial charge < -0.3 is 16.2 Å². The summed E-state index contributed by atoms with van der Waals surface area (Å²) in [5.74, 6) is -3.42. The Balaban J connectivity index is 3.29. The third-order valence-electron chi connectivity index (χ3n) is 2.31. The van der Waals surface area contributed by atoms with Gasteiger partial charge in [-0.05, 0) is 13.0 Å². The molecule has 0 heterocycles. The van der Waals surface area contributed by atoms with E-state index in [0.717, 1.165) is 6.07 Å². The second-order valence-corrected chi connectivity index (χ2v) is 3.68. The number of carbonyl (C=O) groups excluding carboxylic acids is 1. The molecular weight excluding hydrogens is 261 g/mol. The van der Waals surface area contributed by atoms with Crippen molar-refractivity contribution in [3.05, 3.63) is 33.6 Å². The predicted molar refractivity (Wildman–Crippen MR) is 62.3 cm³/mol. The van der Waals surface area contributed by atoms with Gasteiger partial charge in [0.25, 0.3) is 5.69 Å². The number of anilines is 1. The monoisotopic (exact) mass is 271 g/mol. The number of nitro benzene ring substituents is 1. The molecular formula is C10H10FN3O5. The highest BCUT2D eigenvalue weighted by Crippen LogP contribution is 2.26. The zero-order valence-corrected chi connectivity index (χ0v) is 9.71. The van der Waals surface area contributed by atoms with Crippen molar-refractivity contribution in [1.29, 1.82) is 0 Å². The molecule has 0 saturated carbocycles. The number of nitrogens with one attached hydrogen (secondary N) is 1. The number of nitrogens with zero attached hydrogens (tertiary/aromatic N) is 1. The molecule has 102 valence electrons. The first-order chi connectivity index (χ1) is 8.73. The van der Waals surface area contributed by atoms with E-state index in [-0.39, 0.29) is 5.69 Å². The van der Waals surface area contributed by atoms with Crippen molar-refractivity contribution >= 4 is 23.3 Å². The molecule has 1 aromatic rings. The number of nitrogens with two attached hydrogens (primary N) is 1. The van der Waals surface area contributed by atoms with Crippen molar-refractivity contribution in [2.45, 2.75) is 13.0 Å². The van der Waals surface area contributed by atoms with Gasteiger partial charge in [0.15, 0.2) is 5.82 Å². The molecule has 8 nitrogen and oxygen atoms in total. The Bertz CT molecular complexity index is 560. The molecule has 0 radical (unpaired) electrons. The average molecular weight is 271 g/mol. The number of benzene rings is 1. The second kappa shape index (κ2) is 5.29. The van der Waals surface area contributed by atoms with Crippen LogP contribution in [0.3, 0.4) is 0 Å². The Kier molecular flexibility index (Phi) is 4.00. The normalized spacial score (nSPS) is 11.7. The molecule has 0 saturated heterocycles. The van der Waals surface area contributed by atoms with Gasteiger partial charge in [0.1, 0.15) is 11.6 Å². The topological polar surface area (TPSA) is 136 Å². The summed E-state index contributed by atoms with van der Waals surface area (Å²) in [4.78, 5) is 31.3. The highest BCUT2D eigenvalue weighted by Gasteiger charge is 2.24. The summed E-state index contributed by atoms with van der Waals surface area (Å²) in [6.45, 7) is 1.34. The van der Waals surface area contributed by atoms with Gasteiger partial charge in [-0.25, -0.2) is 9.18 Å². The van der Waals surface area contributed by atoms with Crippen molar-refractivity contribution in [3.63, 3.8) is 0 Å². The summed E-state index contributed by atoms with van der Waals surface area (Å²) in [6, 6.07) is 0.256. The maximum atomic E-state index is 13.6. The third kappa shape index (κ3) is 3.15. The van der Waals surface area contributed by atoms with E-state index in [1.54, 1.807) is 0 Å². The van der Waals surface area contributed by atoms with Gasteiger partial charge in [-0.3, -0.25) is 14.9 Å². The van der Waals surface area contributed by atoms with Gasteiger partial charge in [0.05, 0.1) is 16.7 Å². The number of primary amides is 1. The molecule has 1 aromatic carbocycles. The minimum Gasteiger partial charge on any atom is -0.477 e. The lowest BCUT2D eigenvalue weighted by Gasteiger charge is -2.13. The fraction of sp³-hybridized carbons (Fsp3) is 0.200. The number of aromatic carboxylic acids is 1. The van der Waals surface area contributed by atoms with Crippen LogP contribution < -0.4 is 11.1 Å². The van der Waals surface area contributed by atoms with E-state index < -0.39 is 39.9 Å². The molecule has 0 aliphatic carbocycles. The van der Waals surface area contributed by atoms with Gasteiger partial charge in [0, 0.05) is 0 Å². The minimum atomic E-state index is -1.58. The summed E-state index contributed by atoms with van der Waals surface area (Å²) in [5, 5.41) is 21.8. The molecule has 0 bridgehead atoms. The molecule has 4 N–H and O–H groups in total. The Morgan fingerprint density at radius 3 is 2.53 bits per heavy atom. The molecule has 0 spiro atoms. The van der Waals surface area contributed by atoms with Crippen molar-refractivity contribution < 1.29 is 24.0 Å². The molecule has 1 unspecified atom stereocenters. The third-order valence-corrected chi connectivity index (χ3v) is 2.31. The summed E-state index contributed by atoms with van der Waals surface area (Å²) in [6.07, 6.45) is 0. The SMILES string of the molecule is CC(Nc1cc(C(=O)O)c([N+](=O)[O-])cc1F)C(N)=O. The van der Waals surface area contributed by atoms with Gasteiger partial charge in [0.2, 0.25) is 5.91 Å². The van der Waals surface area contributed by atoms with Crippen molar-refractivity contribution in [2.24, 2.45) is 5.73 Å². The van der Waals surface area contributed by atoms with Crippen LogP contribution in [0.1, 0.15) is 17.3 Å². The average Bonchev–Trinajstić information content (AvgIpc) is 2.30. The zero-order valence-electron chi connectivity index (χ0n) is 9.71. The summed E-state index contributed by atoms with van der Waals surface area (Å²) in [5.41, 5.74) is 3.05. The van der Waals surface area contributed by atoms with Gasteiger partial charge in [-0.2, -0.15) is 0 Å². The Morgan fingerprint density at radius 1 is 1.53 bits per heavy atom. The number of nitro groups is 1. The van der Waals surface area contributed by atoms with Crippen LogP contribution in [0.15, 0.2) is 12.1 Å². The zero-order chi connectivity index (χ0) is 14.7. The summed E-state index contributed by atoms with van der Waals surface area (Å²) >= 11 is 0. The van der Waals surface area contributed by atoms with Crippen LogP contribution in [0.2, 0.25) is 0 Å². The number of hydrogen-bond acceptors (Lipinski definition) is 5. The lowest BCUT2D eigenvalue weighted by molar-refractivity contribution is -0.385. The maximum Gasteiger partial charge on any atom is 0.342 e. The molecule has 19 heavy (non-hydrogen) atoms. The number of hydrogen-bond donors (Lipinski definition) is 3. The Hall–Kier alpha value is -2.71. The first-order valence-electron chi connectivity index (χ1n) is 5.01. The first kappa shape index (κ1) is 14.4. The van der Waals surface area contributed by atoms with E-state index in [9.17, 15) is 24.1 Å². The van der Waals surface area contributed by atoms with E-state index in [1.165, 1.54) is 6.92 Å². The van der Waals surface area contributed by atoms with Crippen molar-refractivity contribution in [2.75, 3.05) is 5.32 Å². The number of rotatable bonds is 5. The maximum absolute atomic E-state index is 13.6. The van der Waals surface area contributed by atoms with Crippen LogP contribution in [0, 0.1) is 15.9 Å². The van der Waals surface area contributed by atoms with Crippen LogP contribution >= 0.6 is 0 Å². The van der Waals surface area contributed by atoms with E-state index in [1.807, 2.05) is 0 Å². The molecule has 0 aliphatic heterocycles. The van der Waals surface area contributed by atoms with Crippen LogP contribution in [0.25, 0.3) is 0 Å². The minimum absolute atomic E-state index is 0.352. The van der Waals surface area contributed by atoms with Crippen LogP contribution in [-0.2, 0) is 4.79 Å².